The molecule has 2 aromatic carbocycles. The Labute approximate surface area is 235 Å². The molecule has 4 heterocycles. The number of methoxy groups -OCH3 is 1. The molecule has 1 aliphatic rings. The first-order valence-corrected chi connectivity index (χ1v) is 13.2. The maximum atomic E-state index is 13.5. The first-order chi connectivity index (χ1) is 20.0. The molecule has 2 N–H and O–H groups in total. The molecule has 208 valence electrons. The van der Waals surface area contributed by atoms with Crippen LogP contribution in [-0.2, 0) is 15.9 Å². The second-order valence-electron chi connectivity index (χ2n) is 9.79. The number of aryl methyl sites for hydroxylation is 2. The van der Waals surface area contributed by atoms with Gasteiger partial charge in [-0.15, -0.1) is 5.10 Å². The number of nitrogens with one attached hydrogen (secondary N) is 2. The summed E-state index contributed by atoms with van der Waals surface area (Å²) < 4.78 is 13.3. The van der Waals surface area contributed by atoms with Crippen molar-refractivity contribution in [1.82, 2.24) is 34.7 Å². The molecule has 12 heteroatoms. The predicted octanol–water partition coefficient (Wildman–Crippen LogP) is 3.92. The van der Waals surface area contributed by atoms with E-state index in [4.69, 9.17) is 9.47 Å². The normalized spacial score (nSPS) is 14.1. The lowest BCUT2D eigenvalue weighted by atomic mass is 10.0. The molecule has 0 bridgehead atoms. The molecule has 0 spiro atoms. The third kappa shape index (κ3) is 5.37. The number of aromatic nitrogens is 7. The summed E-state index contributed by atoms with van der Waals surface area (Å²) in [5, 5.41) is 14.2. The molecule has 0 aliphatic carbocycles. The number of fused-ring (bicyclic) bond motifs is 1. The summed E-state index contributed by atoms with van der Waals surface area (Å²) in [6.45, 7) is 2.53. The zero-order chi connectivity index (χ0) is 28.3. The standard InChI is InChI=1S/C29H28N8O4/c1-18-3-9-25(36-17-31-34-35-36)23(13-18)20-14-22-8-10-26(37(22)27(38)15-20)28-30-16-24(33-28)19-4-6-21(7-5-19)32-29(39)41-12-11-40-2/h3-7,9,13-17,26H,8,10-12H2,1-2H3,(H,30,33)(H,32,39)/t26-/m0/s1. The quantitative estimate of drug-likeness (QED) is 0.276. The van der Waals surface area contributed by atoms with Gasteiger partial charge in [0.1, 0.15) is 18.8 Å². The molecular formula is C29H28N8O4. The fraction of sp³-hybridized carbons (Fsp3) is 0.241. The molecule has 41 heavy (non-hydrogen) atoms. The van der Waals surface area contributed by atoms with Gasteiger partial charge in [0.15, 0.2) is 0 Å². The van der Waals surface area contributed by atoms with Gasteiger partial charge < -0.3 is 19.0 Å². The van der Waals surface area contributed by atoms with E-state index in [1.165, 1.54) is 0 Å². The van der Waals surface area contributed by atoms with Gasteiger partial charge in [0.25, 0.3) is 5.56 Å². The van der Waals surface area contributed by atoms with E-state index in [1.807, 2.05) is 41.8 Å². The number of anilines is 1. The topological polar surface area (TPSA) is 142 Å². The fourth-order valence-corrected chi connectivity index (χ4v) is 5.12. The molecule has 0 radical (unpaired) electrons. The summed E-state index contributed by atoms with van der Waals surface area (Å²) in [5.74, 6) is 0.724. The Hall–Kier alpha value is -5.10. The first-order valence-electron chi connectivity index (χ1n) is 13.2. The van der Waals surface area contributed by atoms with Gasteiger partial charge >= 0.3 is 6.09 Å². The van der Waals surface area contributed by atoms with E-state index in [1.54, 1.807) is 42.5 Å². The third-order valence-corrected chi connectivity index (χ3v) is 7.07. The first kappa shape index (κ1) is 26.1. The van der Waals surface area contributed by atoms with Gasteiger partial charge in [-0.05, 0) is 71.7 Å². The Kier molecular flexibility index (Phi) is 7.13. The van der Waals surface area contributed by atoms with Crippen LogP contribution in [0, 0.1) is 6.92 Å². The summed E-state index contributed by atoms with van der Waals surface area (Å²) in [4.78, 5) is 33.4. The number of imidazole rings is 1. The largest absolute Gasteiger partial charge is 0.447 e. The summed E-state index contributed by atoms with van der Waals surface area (Å²) in [6.07, 6.45) is 4.27. The molecule has 0 fully saturated rings. The molecule has 6 rings (SSSR count). The Bertz CT molecular complexity index is 1740. The maximum absolute atomic E-state index is 13.5. The van der Waals surface area contributed by atoms with E-state index in [-0.39, 0.29) is 18.2 Å². The van der Waals surface area contributed by atoms with Crippen LogP contribution in [0.1, 0.15) is 29.5 Å². The van der Waals surface area contributed by atoms with E-state index < -0.39 is 6.09 Å². The summed E-state index contributed by atoms with van der Waals surface area (Å²) in [7, 11) is 1.54. The summed E-state index contributed by atoms with van der Waals surface area (Å²) in [6, 6.07) is 16.9. The predicted molar refractivity (Wildman–Crippen MR) is 151 cm³/mol. The lowest BCUT2D eigenvalue weighted by Gasteiger charge is -2.15. The monoisotopic (exact) mass is 552 g/mol. The van der Waals surface area contributed by atoms with Crippen molar-refractivity contribution in [3.8, 4) is 28.1 Å². The highest BCUT2D eigenvalue weighted by atomic mass is 16.6. The highest BCUT2D eigenvalue weighted by Gasteiger charge is 2.28. The van der Waals surface area contributed by atoms with E-state index in [0.717, 1.165) is 58.0 Å². The average Bonchev–Trinajstić information content (AvgIpc) is 3.75. The Balaban J connectivity index is 1.22. The maximum Gasteiger partial charge on any atom is 0.411 e. The molecule has 0 saturated heterocycles. The highest BCUT2D eigenvalue weighted by Crippen LogP contribution is 2.34. The number of hydrogen-bond donors (Lipinski definition) is 2. The van der Waals surface area contributed by atoms with Crippen molar-refractivity contribution in [3.63, 3.8) is 0 Å². The summed E-state index contributed by atoms with van der Waals surface area (Å²) in [5.41, 5.74) is 6.79. The molecule has 1 aliphatic heterocycles. The Morgan fingerprint density at radius 2 is 1.95 bits per heavy atom. The van der Waals surface area contributed by atoms with Crippen LogP contribution in [0.4, 0.5) is 10.5 Å². The number of H-pyrrole nitrogens is 1. The van der Waals surface area contributed by atoms with Crippen molar-refractivity contribution in [1.29, 1.82) is 0 Å². The number of tetrazole rings is 1. The average molecular weight is 553 g/mol. The molecular weight excluding hydrogens is 524 g/mol. The number of ether oxygens (including phenoxy) is 2. The van der Waals surface area contributed by atoms with Gasteiger partial charge in [-0.1, -0.05) is 23.8 Å². The number of hydrogen-bond acceptors (Lipinski definition) is 8. The third-order valence-electron chi connectivity index (χ3n) is 7.07. The van der Waals surface area contributed by atoms with Gasteiger partial charge in [0, 0.05) is 30.1 Å². The number of aromatic amines is 1. The van der Waals surface area contributed by atoms with E-state index in [0.29, 0.717) is 12.3 Å². The summed E-state index contributed by atoms with van der Waals surface area (Å²) >= 11 is 0. The van der Waals surface area contributed by atoms with Gasteiger partial charge in [0.05, 0.1) is 30.2 Å². The lowest BCUT2D eigenvalue weighted by Crippen LogP contribution is -2.23. The van der Waals surface area contributed by atoms with Crippen molar-refractivity contribution < 1.29 is 14.3 Å². The minimum atomic E-state index is -0.541. The van der Waals surface area contributed by atoms with Crippen molar-refractivity contribution in [3.05, 3.63) is 94.6 Å². The smallest absolute Gasteiger partial charge is 0.411 e. The minimum absolute atomic E-state index is 0.0880. The minimum Gasteiger partial charge on any atom is -0.447 e. The molecule has 1 atom stereocenters. The van der Waals surface area contributed by atoms with Crippen molar-refractivity contribution in [2.75, 3.05) is 25.6 Å². The molecule has 3 aromatic heterocycles. The fourth-order valence-electron chi connectivity index (χ4n) is 5.12. The van der Waals surface area contributed by atoms with Gasteiger partial charge in [-0.3, -0.25) is 10.1 Å². The second kappa shape index (κ2) is 11.2. The number of carbonyl (C=O) groups is 1. The second-order valence-corrected chi connectivity index (χ2v) is 9.79. The number of rotatable bonds is 8. The zero-order valence-electron chi connectivity index (χ0n) is 22.6. The van der Waals surface area contributed by atoms with Crippen LogP contribution in [-0.4, -0.2) is 61.2 Å². The molecule has 1 amide bonds. The molecule has 0 unspecified atom stereocenters. The Morgan fingerprint density at radius 1 is 1.10 bits per heavy atom. The van der Waals surface area contributed by atoms with Crippen molar-refractivity contribution >= 4 is 11.8 Å². The molecule has 12 nitrogen and oxygen atoms in total. The Morgan fingerprint density at radius 3 is 2.73 bits per heavy atom. The number of amides is 1. The SMILES string of the molecule is COCCOC(=O)Nc1ccc(-c2cnc([C@@H]3CCc4cc(-c5cc(C)ccc5-n5cnnn5)cc(=O)n43)[nH]2)cc1. The van der Waals surface area contributed by atoms with Gasteiger partial charge in [0.2, 0.25) is 0 Å². The van der Waals surface area contributed by atoms with Crippen LogP contribution >= 0.6 is 0 Å². The lowest BCUT2D eigenvalue weighted by molar-refractivity contribution is 0.107. The van der Waals surface area contributed by atoms with Crippen LogP contribution in [0.25, 0.3) is 28.1 Å². The highest BCUT2D eigenvalue weighted by molar-refractivity contribution is 5.85. The van der Waals surface area contributed by atoms with Crippen LogP contribution in [0.5, 0.6) is 0 Å². The van der Waals surface area contributed by atoms with E-state index in [9.17, 15) is 9.59 Å². The van der Waals surface area contributed by atoms with Crippen molar-refractivity contribution in [2.24, 2.45) is 0 Å². The number of nitrogens with zero attached hydrogens (tertiary/aromatic N) is 6. The number of carbonyl (C=O) groups excluding carboxylic acids is 1. The zero-order valence-corrected chi connectivity index (χ0v) is 22.6. The van der Waals surface area contributed by atoms with Gasteiger partial charge in [-0.2, -0.15) is 4.68 Å². The number of benzene rings is 2. The van der Waals surface area contributed by atoms with Gasteiger partial charge in [-0.25, -0.2) is 9.78 Å². The van der Waals surface area contributed by atoms with Crippen LogP contribution < -0.4 is 10.9 Å². The van der Waals surface area contributed by atoms with E-state index in [2.05, 4.69) is 36.9 Å². The van der Waals surface area contributed by atoms with Crippen LogP contribution in [0.15, 0.2) is 71.9 Å². The van der Waals surface area contributed by atoms with Crippen LogP contribution in [0.2, 0.25) is 0 Å². The van der Waals surface area contributed by atoms with Crippen molar-refractivity contribution in [2.45, 2.75) is 25.8 Å². The van der Waals surface area contributed by atoms with E-state index >= 15 is 0 Å². The molecule has 0 saturated carbocycles. The van der Waals surface area contributed by atoms with Crippen LogP contribution in [0.3, 0.4) is 0 Å². The molecule has 5 aromatic rings. The number of pyridine rings is 1.